The molecule has 0 saturated heterocycles. The monoisotopic (exact) mass is 341 g/mol. The van der Waals surface area contributed by atoms with E-state index in [1.165, 1.54) is 38.5 Å². The molecule has 0 heterocycles. The maximum absolute atomic E-state index is 12.7. The highest BCUT2D eigenvalue weighted by Gasteiger charge is 2.53. The molecular weight excluding hydrogens is 310 g/mol. The first kappa shape index (κ1) is 16.9. The summed E-state index contributed by atoms with van der Waals surface area (Å²) in [7, 11) is 1.67. The van der Waals surface area contributed by atoms with Crippen LogP contribution < -0.4 is 10.1 Å². The molecule has 3 nitrogen and oxygen atoms in total. The molecule has 1 aromatic rings. The largest absolute Gasteiger partial charge is 0.496 e. The normalized spacial score (nSPS) is 34.0. The summed E-state index contributed by atoms with van der Waals surface area (Å²) >= 11 is 0. The van der Waals surface area contributed by atoms with Gasteiger partial charge in [0.05, 0.1) is 13.5 Å². The molecule has 4 saturated carbocycles. The van der Waals surface area contributed by atoms with Crippen LogP contribution in [0.1, 0.15) is 56.6 Å². The fourth-order valence-corrected chi connectivity index (χ4v) is 6.37. The molecule has 3 heteroatoms. The molecule has 25 heavy (non-hydrogen) atoms. The Kier molecular flexibility index (Phi) is 4.29. The number of benzene rings is 1. The highest BCUT2D eigenvalue weighted by molar-refractivity contribution is 5.79. The zero-order chi connectivity index (χ0) is 17.6. The molecule has 1 aromatic carbocycles. The lowest BCUT2D eigenvalue weighted by atomic mass is 9.48. The van der Waals surface area contributed by atoms with Crippen molar-refractivity contribution in [2.75, 3.05) is 7.11 Å². The van der Waals surface area contributed by atoms with Crippen LogP contribution in [0.25, 0.3) is 0 Å². The van der Waals surface area contributed by atoms with Gasteiger partial charge in [-0.05, 0) is 81.6 Å². The van der Waals surface area contributed by atoms with Crippen LogP contribution in [0.15, 0.2) is 18.2 Å². The molecule has 0 spiro atoms. The van der Waals surface area contributed by atoms with E-state index in [9.17, 15) is 4.79 Å². The van der Waals surface area contributed by atoms with Crippen LogP contribution in [0.5, 0.6) is 5.75 Å². The average molecular weight is 341 g/mol. The third kappa shape index (κ3) is 3.18. The smallest absolute Gasteiger partial charge is 0.224 e. The summed E-state index contributed by atoms with van der Waals surface area (Å²) in [5, 5.41) is 3.36. The highest BCUT2D eigenvalue weighted by Crippen LogP contribution is 2.61. The van der Waals surface area contributed by atoms with Crippen LogP contribution >= 0.6 is 0 Å². The summed E-state index contributed by atoms with van der Waals surface area (Å²) in [6.07, 6.45) is 8.72. The summed E-state index contributed by atoms with van der Waals surface area (Å²) in [6.45, 7) is 4.30. The maximum atomic E-state index is 12.7. The van der Waals surface area contributed by atoms with Crippen molar-refractivity contribution < 1.29 is 9.53 Å². The Morgan fingerprint density at radius 2 is 1.80 bits per heavy atom. The van der Waals surface area contributed by atoms with Crippen molar-refractivity contribution in [2.45, 2.75) is 64.8 Å². The molecule has 4 aliphatic carbocycles. The molecule has 0 radical (unpaired) electrons. The molecule has 4 bridgehead atoms. The maximum Gasteiger partial charge on any atom is 0.224 e. The van der Waals surface area contributed by atoms with E-state index in [-0.39, 0.29) is 11.9 Å². The van der Waals surface area contributed by atoms with Crippen LogP contribution in [-0.4, -0.2) is 19.1 Å². The number of amides is 1. The second kappa shape index (κ2) is 6.34. The SMILES string of the molecule is COc1ccc(C)cc1CC(=O)N[C@@H](C)C12CC3CC(CC(C3)C1)C2. The van der Waals surface area contributed by atoms with Crippen molar-refractivity contribution >= 4 is 5.91 Å². The van der Waals surface area contributed by atoms with Crippen molar-refractivity contribution in [1.29, 1.82) is 0 Å². The molecule has 4 fully saturated rings. The molecule has 0 aromatic heterocycles. The Labute approximate surface area is 151 Å². The Hall–Kier alpha value is -1.51. The number of ether oxygens (including phenoxy) is 1. The zero-order valence-corrected chi connectivity index (χ0v) is 15.8. The summed E-state index contributed by atoms with van der Waals surface area (Å²) in [6, 6.07) is 6.33. The van der Waals surface area contributed by atoms with Crippen molar-refractivity contribution in [2.24, 2.45) is 23.2 Å². The number of carbonyl (C=O) groups is 1. The van der Waals surface area contributed by atoms with E-state index < -0.39 is 0 Å². The lowest BCUT2D eigenvalue weighted by Gasteiger charge is -2.59. The fourth-order valence-electron chi connectivity index (χ4n) is 6.37. The van der Waals surface area contributed by atoms with Crippen molar-refractivity contribution in [3.05, 3.63) is 29.3 Å². The van der Waals surface area contributed by atoms with Gasteiger partial charge in [-0.15, -0.1) is 0 Å². The first-order valence-electron chi connectivity index (χ1n) is 9.90. The second-order valence-electron chi connectivity index (χ2n) is 9.06. The lowest BCUT2D eigenvalue weighted by Crippen LogP contribution is -2.56. The standard InChI is InChI=1S/C22H31NO2/c1-14-4-5-20(25-3)19(6-14)10-21(24)23-15(2)22-11-16-7-17(12-22)9-18(8-16)13-22/h4-6,15-18H,7-13H2,1-3H3,(H,23,24)/t15-,16?,17?,18?,22?/m0/s1. The lowest BCUT2D eigenvalue weighted by molar-refractivity contribution is -0.125. The van der Waals surface area contributed by atoms with Crippen LogP contribution in [0.2, 0.25) is 0 Å². The summed E-state index contributed by atoms with van der Waals surface area (Å²) in [5.41, 5.74) is 2.51. The van der Waals surface area contributed by atoms with E-state index >= 15 is 0 Å². The second-order valence-corrected chi connectivity index (χ2v) is 9.06. The fraction of sp³-hybridized carbons (Fsp3) is 0.682. The van der Waals surface area contributed by atoms with Gasteiger partial charge in [0.15, 0.2) is 0 Å². The molecule has 5 rings (SSSR count). The minimum absolute atomic E-state index is 0.132. The van der Waals surface area contributed by atoms with E-state index in [0.717, 1.165) is 34.6 Å². The van der Waals surface area contributed by atoms with E-state index in [0.29, 0.717) is 11.8 Å². The van der Waals surface area contributed by atoms with Crippen molar-refractivity contribution in [3.63, 3.8) is 0 Å². The van der Waals surface area contributed by atoms with Gasteiger partial charge in [0.25, 0.3) is 0 Å². The molecule has 1 atom stereocenters. The average Bonchev–Trinajstić information content (AvgIpc) is 2.53. The van der Waals surface area contributed by atoms with E-state index in [2.05, 4.69) is 25.2 Å². The first-order chi connectivity index (χ1) is 12.0. The van der Waals surface area contributed by atoms with E-state index in [1.807, 2.05) is 12.1 Å². The Balaban J connectivity index is 1.44. The van der Waals surface area contributed by atoms with Gasteiger partial charge in [-0.1, -0.05) is 17.7 Å². The van der Waals surface area contributed by atoms with Gasteiger partial charge in [-0.3, -0.25) is 4.79 Å². The van der Waals surface area contributed by atoms with Crippen LogP contribution in [0.3, 0.4) is 0 Å². The van der Waals surface area contributed by atoms with E-state index in [1.54, 1.807) is 7.11 Å². The van der Waals surface area contributed by atoms with Crippen LogP contribution in [-0.2, 0) is 11.2 Å². The quantitative estimate of drug-likeness (QED) is 0.869. The van der Waals surface area contributed by atoms with E-state index in [4.69, 9.17) is 4.74 Å². The molecule has 1 N–H and O–H groups in total. The minimum atomic E-state index is 0.132. The van der Waals surface area contributed by atoms with Gasteiger partial charge in [-0.25, -0.2) is 0 Å². The van der Waals surface area contributed by atoms with Gasteiger partial charge in [0.2, 0.25) is 5.91 Å². The van der Waals surface area contributed by atoms with Gasteiger partial charge >= 0.3 is 0 Å². The van der Waals surface area contributed by atoms with Gasteiger partial charge in [0, 0.05) is 11.6 Å². The Morgan fingerprint density at radius 1 is 1.20 bits per heavy atom. The molecule has 136 valence electrons. The van der Waals surface area contributed by atoms with Crippen LogP contribution in [0, 0.1) is 30.1 Å². The van der Waals surface area contributed by atoms with Gasteiger partial charge < -0.3 is 10.1 Å². The summed E-state index contributed by atoms with van der Waals surface area (Å²) < 4.78 is 5.43. The summed E-state index contributed by atoms with van der Waals surface area (Å²) in [4.78, 5) is 12.7. The molecular formula is C22H31NO2. The zero-order valence-electron chi connectivity index (χ0n) is 15.8. The van der Waals surface area contributed by atoms with Crippen molar-refractivity contribution in [1.82, 2.24) is 5.32 Å². The predicted molar refractivity (Wildman–Crippen MR) is 99.6 cm³/mol. The van der Waals surface area contributed by atoms with Gasteiger partial charge in [0.1, 0.15) is 5.75 Å². The third-order valence-electron chi connectivity index (χ3n) is 7.17. The molecule has 1 amide bonds. The third-order valence-corrected chi connectivity index (χ3v) is 7.17. The van der Waals surface area contributed by atoms with Gasteiger partial charge in [-0.2, -0.15) is 0 Å². The topological polar surface area (TPSA) is 38.3 Å². The number of rotatable bonds is 5. The number of aryl methyl sites for hydroxylation is 1. The Bertz CT molecular complexity index is 631. The molecule has 0 unspecified atom stereocenters. The predicted octanol–water partition coefficient (Wildman–Crippen LogP) is 4.27. The summed E-state index contributed by atoms with van der Waals surface area (Å²) in [5.74, 6) is 3.70. The van der Waals surface area contributed by atoms with Crippen molar-refractivity contribution in [3.8, 4) is 5.75 Å². The highest BCUT2D eigenvalue weighted by atomic mass is 16.5. The molecule has 0 aliphatic heterocycles. The molecule has 4 aliphatic rings. The minimum Gasteiger partial charge on any atom is -0.496 e. The number of hydrogen-bond donors (Lipinski definition) is 1. The number of methoxy groups -OCH3 is 1. The number of carbonyl (C=O) groups excluding carboxylic acids is 1. The van der Waals surface area contributed by atoms with Crippen LogP contribution in [0.4, 0.5) is 0 Å². The number of nitrogens with one attached hydrogen (secondary N) is 1. The number of hydrogen-bond acceptors (Lipinski definition) is 2. The first-order valence-corrected chi connectivity index (χ1v) is 9.90. The Morgan fingerprint density at radius 3 is 2.36 bits per heavy atom.